The quantitative estimate of drug-likeness (QED) is 0.199. The van der Waals surface area contributed by atoms with Crippen LogP contribution in [-0.4, -0.2) is 0 Å². The summed E-state index contributed by atoms with van der Waals surface area (Å²) in [6.45, 7) is 10.9. The normalized spacial score (nSPS) is 12.4. The maximum atomic E-state index is 2.41. The van der Waals surface area contributed by atoms with Crippen molar-refractivity contribution in [3.8, 4) is 0 Å². The van der Waals surface area contributed by atoms with Gasteiger partial charge in [0.2, 0.25) is 0 Å². The van der Waals surface area contributed by atoms with Crippen LogP contribution in [0.4, 0.5) is 0 Å². The van der Waals surface area contributed by atoms with E-state index in [-0.39, 0.29) is 0 Å². The number of rotatable bonds is 15. The summed E-state index contributed by atoms with van der Waals surface area (Å²) in [4.78, 5) is 0. The second-order valence-corrected chi connectivity index (χ2v) is 7.88. The van der Waals surface area contributed by atoms with Gasteiger partial charge in [0.1, 0.15) is 0 Å². The van der Waals surface area contributed by atoms with E-state index in [1.165, 1.54) is 80.9 Å². The van der Waals surface area contributed by atoms with Gasteiger partial charge in [0.05, 0.1) is 0 Å². The van der Waals surface area contributed by atoms with Crippen LogP contribution >= 0.6 is 0 Å². The first-order chi connectivity index (χ1) is 13.0. The fourth-order valence-electron chi connectivity index (χ4n) is 2.68. The molecule has 0 amide bonds. The van der Waals surface area contributed by atoms with Crippen molar-refractivity contribution in [2.75, 3.05) is 0 Å². The Bertz CT molecular complexity index is 512. The molecule has 152 valence electrons. The van der Waals surface area contributed by atoms with Crippen molar-refractivity contribution < 1.29 is 0 Å². The van der Waals surface area contributed by atoms with Crippen molar-refractivity contribution in [2.45, 2.75) is 98.8 Å². The molecule has 27 heavy (non-hydrogen) atoms. The lowest BCUT2D eigenvalue weighted by Crippen LogP contribution is -1.77. The van der Waals surface area contributed by atoms with Gasteiger partial charge in [-0.25, -0.2) is 0 Å². The monoisotopic (exact) mass is 368 g/mol. The van der Waals surface area contributed by atoms with E-state index in [0.29, 0.717) is 0 Å². The molecule has 0 fully saturated rings. The number of unbranched alkanes of at least 4 members (excludes halogenated alkanes) is 4. The summed E-state index contributed by atoms with van der Waals surface area (Å²) < 4.78 is 0. The maximum absolute atomic E-state index is 2.41. The van der Waals surface area contributed by atoms with Crippen LogP contribution in [0, 0.1) is 0 Å². The molecule has 0 nitrogen and oxygen atoms in total. The van der Waals surface area contributed by atoms with Crippen molar-refractivity contribution in [1.29, 1.82) is 0 Å². The van der Waals surface area contributed by atoms with Crippen molar-refractivity contribution in [3.63, 3.8) is 0 Å². The first-order valence-corrected chi connectivity index (χ1v) is 10.9. The Labute approximate surface area is 170 Å². The van der Waals surface area contributed by atoms with Gasteiger partial charge in [-0.05, 0) is 98.8 Å². The zero-order valence-corrected chi connectivity index (χ0v) is 18.8. The molecule has 0 saturated heterocycles. The lowest BCUT2D eigenvalue weighted by molar-refractivity contribution is 0.929. The zero-order valence-electron chi connectivity index (χ0n) is 18.8. The molecule has 0 saturated carbocycles. The van der Waals surface area contributed by atoms with Gasteiger partial charge < -0.3 is 0 Å². The molecule has 0 atom stereocenters. The van der Waals surface area contributed by atoms with Gasteiger partial charge in [0.25, 0.3) is 0 Å². The molecule has 0 aromatic rings. The Balaban J connectivity index is 3.61. The van der Waals surface area contributed by atoms with Gasteiger partial charge in [0, 0.05) is 0 Å². The second kappa shape index (κ2) is 19.2. The first kappa shape index (κ1) is 25.4. The molecule has 0 bridgehead atoms. The highest BCUT2D eigenvalue weighted by Crippen LogP contribution is 2.09. The molecule has 0 unspecified atom stereocenters. The molecule has 0 aromatic heterocycles. The minimum atomic E-state index is 1.17. The fraction of sp³-hybridized carbons (Fsp3) is 0.556. The van der Waals surface area contributed by atoms with E-state index in [0.717, 1.165) is 0 Å². The highest BCUT2D eigenvalue weighted by Gasteiger charge is 1.88. The highest BCUT2D eigenvalue weighted by molar-refractivity contribution is 5.02. The molecule has 0 rings (SSSR count). The molecule has 0 aliphatic heterocycles. The predicted molar refractivity (Wildman–Crippen MR) is 126 cm³/mol. The molecule has 0 aromatic carbocycles. The van der Waals surface area contributed by atoms with Crippen molar-refractivity contribution in [2.24, 2.45) is 0 Å². The second-order valence-electron chi connectivity index (χ2n) is 7.88. The smallest absolute Gasteiger partial charge is 0.0288 e. The maximum Gasteiger partial charge on any atom is -0.0288 e. The summed E-state index contributed by atoms with van der Waals surface area (Å²) in [5.74, 6) is 0. The number of allylic oxidation sites excluding steroid dienone is 12. The predicted octanol–water partition coefficient (Wildman–Crippen LogP) is 9.43. The first-order valence-electron chi connectivity index (χ1n) is 10.9. The lowest BCUT2D eigenvalue weighted by Gasteiger charge is -1.98. The van der Waals surface area contributed by atoms with Crippen LogP contribution in [-0.2, 0) is 0 Å². The minimum Gasteiger partial charge on any atom is -0.0882 e. The Kier molecular flexibility index (Phi) is 18.1. The molecule has 0 aliphatic rings. The van der Waals surface area contributed by atoms with Crippen molar-refractivity contribution >= 4 is 0 Å². The van der Waals surface area contributed by atoms with Crippen LogP contribution in [0.3, 0.4) is 0 Å². The van der Waals surface area contributed by atoms with E-state index >= 15 is 0 Å². The molecule has 0 aliphatic carbocycles. The minimum absolute atomic E-state index is 1.17. The van der Waals surface area contributed by atoms with E-state index in [9.17, 15) is 0 Å². The van der Waals surface area contributed by atoms with Crippen molar-refractivity contribution in [1.82, 2.24) is 0 Å². The number of hydrogen-bond donors (Lipinski definition) is 0. The van der Waals surface area contributed by atoms with Crippen molar-refractivity contribution in [3.05, 3.63) is 71.4 Å². The molecule has 0 heteroatoms. The summed E-state index contributed by atoms with van der Waals surface area (Å²) in [6, 6.07) is 0. The standard InChI is InChI=1S/C27H44/c1-25(2)21-17-13-10-8-6-7-9-11-15-19-23-27(5)24-20-16-12-14-18-22-26(3)4/h8-12,16,21-23H,6-7,13-15,17-20,24H2,1-5H3/b10-8+,11-9+,16-12+,27-23-. The largest absolute Gasteiger partial charge is 0.0882 e. The molecular formula is C27H44. The fourth-order valence-corrected chi connectivity index (χ4v) is 2.68. The van der Waals surface area contributed by atoms with Gasteiger partial charge in [-0.1, -0.05) is 71.4 Å². The third-order valence-electron chi connectivity index (χ3n) is 4.30. The van der Waals surface area contributed by atoms with Crippen LogP contribution < -0.4 is 0 Å². The molecule has 0 spiro atoms. The number of hydrogen-bond acceptors (Lipinski definition) is 0. The highest BCUT2D eigenvalue weighted by atomic mass is 13.9. The summed E-state index contributed by atoms with van der Waals surface area (Å²) >= 11 is 0. The summed E-state index contributed by atoms with van der Waals surface area (Å²) in [6.07, 6.45) is 32.7. The molecular weight excluding hydrogens is 324 g/mol. The van der Waals surface area contributed by atoms with E-state index in [1.807, 2.05) is 0 Å². The molecule has 0 N–H and O–H groups in total. The lowest BCUT2D eigenvalue weighted by atomic mass is 10.1. The Morgan fingerprint density at radius 2 is 0.741 bits per heavy atom. The van der Waals surface area contributed by atoms with E-state index in [1.54, 1.807) is 0 Å². The van der Waals surface area contributed by atoms with Gasteiger partial charge in [0.15, 0.2) is 0 Å². The van der Waals surface area contributed by atoms with Crippen LogP contribution in [0.2, 0.25) is 0 Å². The summed E-state index contributed by atoms with van der Waals surface area (Å²) in [5, 5.41) is 0. The van der Waals surface area contributed by atoms with E-state index in [2.05, 4.69) is 89.3 Å². The summed E-state index contributed by atoms with van der Waals surface area (Å²) in [7, 11) is 0. The van der Waals surface area contributed by atoms with Crippen LogP contribution in [0.5, 0.6) is 0 Å². The zero-order chi connectivity index (χ0) is 20.2. The molecule has 0 radical (unpaired) electrons. The Morgan fingerprint density at radius 3 is 1.15 bits per heavy atom. The van der Waals surface area contributed by atoms with E-state index in [4.69, 9.17) is 0 Å². The third-order valence-corrected chi connectivity index (χ3v) is 4.30. The van der Waals surface area contributed by atoms with E-state index < -0.39 is 0 Å². The van der Waals surface area contributed by atoms with Crippen LogP contribution in [0.25, 0.3) is 0 Å². The van der Waals surface area contributed by atoms with Gasteiger partial charge >= 0.3 is 0 Å². The Morgan fingerprint density at radius 1 is 0.407 bits per heavy atom. The van der Waals surface area contributed by atoms with Gasteiger partial charge in [-0.2, -0.15) is 0 Å². The average Bonchev–Trinajstić information content (AvgIpc) is 2.61. The Hall–Kier alpha value is -1.56. The third kappa shape index (κ3) is 22.4. The van der Waals surface area contributed by atoms with Crippen LogP contribution in [0.15, 0.2) is 71.4 Å². The average molecular weight is 369 g/mol. The van der Waals surface area contributed by atoms with Gasteiger partial charge in [-0.15, -0.1) is 0 Å². The van der Waals surface area contributed by atoms with Gasteiger partial charge in [-0.3, -0.25) is 0 Å². The summed E-state index contributed by atoms with van der Waals surface area (Å²) in [5.41, 5.74) is 4.36. The SMILES string of the molecule is CC(C)=CCC/C=C/CC/C=C/CC/C=C(/C)CC/C=C/CCC=C(C)C. The molecule has 0 heterocycles. The van der Waals surface area contributed by atoms with Crippen LogP contribution in [0.1, 0.15) is 98.8 Å². The topological polar surface area (TPSA) is 0 Å².